The van der Waals surface area contributed by atoms with Gasteiger partial charge in [0.1, 0.15) is 17.3 Å². The zero-order valence-electron chi connectivity index (χ0n) is 18.0. The molecule has 0 saturated heterocycles. The third kappa shape index (κ3) is 4.43. The highest BCUT2D eigenvalue weighted by Gasteiger charge is 2.22. The van der Waals surface area contributed by atoms with Gasteiger partial charge in [0.15, 0.2) is 0 Å². The largest absolute Gasteiger partial charge is 0.383 e. The second-order valence-electron chi connectivity index (χ2n) is 8.07. The molecule has 4 N–H and O–H groups in total. The lowest BCUT2D eigenvalue weighted by molar-refractivity contribution is -0.115. The van der Waals surface area contributed by atoms with Crippen molar-refractivity contribution in [2.24, 2.45) is 0 Å². The van der Waals surface area contributed by atoms with Crippen molar-refractivity contribution in [3.63, 3.8) is 0 Å². The Morgan fingerprint density at radius 1 is 1.22 bits per heavy atom. The summed E-state index contributed by atoms with van der Waals surface area (Å²) in [7, 11) is 1.59. The Hall–Kier alpha value is -3.82. The molecule has 1 fully saturated rings. The van der Waals surface area contributed by atoms with Crippen LogP contribution < -0.4 is 27.2 Å². The Bertz CT molecular complexity index is 1210. The van der Waals surface area contributed by atoms with Gasteiger partial charge in [-0.2, -0.15) is 5.10 Å². The smallest absolute Gasteiger partial charge is 0.330 e. The van der Waals surface area contributed by atoms with Crippen LogP contribution in [0.5, 0.6) is 0 Å². The Labute approximate surface area is 184 Å². The number of likely N-dealkylation sites (N-methyl/N-ethyl adjacent to an activating group) is 1. The van der Waals surface area contributed by atoms with E-state index >= 15 is 0 Å². The molecule has 1 aliphatic carbocycles. The fraction of sp³-hybridized carbons (Fsp3) is 0.364. The minimum Gasteiger partial charge on any atom is -0.383 e. The number of nitrogen functional groups attached to an aromatic ring is 1. The molecule has 0 atom stereocenters. The Morgan fingerprint density at radius 3 is 2.66 bits per heavy atom. The number of amides is 1. The summed E-state index contributed by atoms with van der Waals surface area (Å²) in [5.74, 6) is 0.326. The first kappa shape index (κ1) is 21.4. The fourth-order valence-electron chi connectivity index (χ4n) is 4.20. The molecule has 2 heterocycles. The summed E-state index contributed by atoms with van der Waals surface area (Å²) in [6.07, 6.45) is 6.06. The number of rotatable bonds is 7. The number of nitrogens with two attached hydrogens (primary N) is 1. The van der Waals surface area contributed by atoms with Gasteiger partial charge in [0.25, 0.3) is 5.56 Å². The summed E-state index contributed by atoms with van der Waals surface area (Å²) >= 11 is 0. The van der Waals surface area contributed by atoms with E-state index in [1.54, 1.807) is 19.3 Å². The lowest BCUT2D eigenvalue weighted by Crippen LogP contribution is -2.40. The number of nitrogens with one attached hydrogen (secondary N) is 2. The standard InChI is InChI=1S/C22H27N7O3/c1-27(14-18(30)25-17-11-12-24-29(17)16-9-5-6-10-16)19-20(23)28(22(32)26-21(19)31)13-15-7-3-2-4-8-15/h2-4,7-8,11-12,16H,5-6,9-10,13-14,23H2,1H3,(H,25,30)(H,26,31,32). The van der Waals surface area contributed by atoms with E-state index in [9.17, 15) is 14.4 Å². The predicted octanol–water partition coefficient (Wildman–Crippen LogP) is 1.55. The average Bonchev–Trinajstić information content (AvgIpc) is 3.43. The zero-order chi connectivity index (χ0) is 22.7. The minimum atomic E-state index is -0.636. The third-order valence-electron chi connectivity index (χ3n) is 5.77. The van der Waals surface area contributed by atoms with E-state index in [2.05, 4.69) is 15.4 Å². The van der Waals surface area contributed by atoms with Crippen molar-refractivity contribution in [2.75, 3.05) is 29.5 Å². The van der Waals surface area contributed by atoms with Crippen molar-refractivity contribution >= 4 is 23.2 Å². The number of aromatic amines is 1. The van der Waals surface area contributed by atoms with E-state index in [0.29, 0.717) is 5.82 Å². The summed E-state index contributed by atoms with van der Waals surface area (Å²) in [6.45, 7) is 0.0859. The molecule has 0 unspecified atom stereocenters. The summed E-state index contributed by atoms with van der Waals surface area (Å²) in [4.78, 5) is 41.3. The molecule has 3 aromatic rings. The summed E-state index contributed by atoms with van der Waals surface area (Å²) in [6, 6.07) is 11.4. The number of hydrogen-bond donors (Lipinski definition) is 3. The van der Waals surface area contributed by atoms with Crippen LogP contribution in [0.4, 0.5) is 17.3 Å². The van der Waals surface area contributed by atoms with E-state index in [-0.39, 0.29) is 36.5 Å². The summed E-state index contributed by atoms with van der Waals surface area (Å²) in [5.41, 5.74) is 5.90. The highest BCUT2D eigenvalue weighted by Crippen LogP contribution is 2.31. The van der Waals surface area contributed by atoms with Gasteiger partial charge >= 0.3 is 5.69 Å². The Kier molecular flexibility index (Phi) is 6.11. The molecule has 168 valence electrons. The molecular formula is C22H27N7O3. The van der Waals surface area contributed by atoms with Crippen molar-refractivity contribution in [3.8, 4) is 0 Å². The molecule has 0 radical (unpaired) electrons. The fourth-order valence-corrected chi connectivity index (χ4v) is 4.20. The van der Waals surface area contributed by atoms with Gasteiger partial charge in [-0.15, -0.1) is 0 Å². The molecule has 4 rings (SSSR count). The average molecular weight is 438 g/mol. The van der Waals surface area contributed by atoms with Crippen molar-refractivity contribution in [1.82, 2.24) is 19.3 Å². The van der Waals surface area contributed by atoms with Crippen molar-refractivity contribution in [2.45, 2.75) is 38.3 Å². The van der Waals surface area contributed by atoms with Crippen LogP contribution in [0.3, 0.4) is 0 Å². The van der Waals surface area contributed by atoms with Gasteiger partial charge in [-0.05, 0) is 18.4 Å². The van der Waals surface area contributed by atoms with Gasteiger partial charge < -0.3 is 16.0 Å². The zero-order valence-corrected chi connectivity index (χ0v) is 18.0. The number of hydrogen-bond acceptors (Lipinski definition) is 6. The molecule has 0 aliphatic heterocycles. The molecule has 0 spiro atoms. The number of anilines is 3. The highest BCUT2D eigenvalue weighted by molar-refractivity contribution is 5.93. The maximum Gasteiger partial charge on any atom is 0.330 e. The van der Waals surface area contributed by atoms with Gasteiger partial charge in [0.05, 0.1) is 25.3 Å². The first-order valence-electron chi connectivity index (χ1n) is 10.6. The van der Waals surface area contributed by atoms with Crippen molar-refractivity contribution in [1.29, 1.82) is 0 Å². The topological polar surface area (TPSA) is 131 Å². The molecule has 32 heavy (non-hydrogen) atoms. The molecule has 1 saturated carbocycles. The van der Waals surface area contributed by atoms with Crippen molar-refractivity contribution < 1.29 is 4.79 Å². The lowest BCUT2D eigenvalue weighted by atomic mass is 10.2. The van der Waals surface area contributed by atoms with Crippen LogP contribution in [0.15, 0.2) is 52.2 Å². The number of carbonyl (C=O) groups is 1. The van der Waals surface area contributed by atoms with Crippen LogP contribution in [-0.2, 0) is 11.3 Å². The van der Waals surface area contributed by atoms with Crippen LogP contribution >= 0.6 is 0 Å². The van der Waals surface area contributed by atoms with E-state index in [4.69, 9.17) is 5.73 Å². The first-order valence-corrected chi connectivity index (χ1v) is 10.6. The Balaban J connectivity index is 1.52. The van der Waals surface area contributed by atoms with E-state index < -0.39 is 11.2 Å². The van der Waals surface area contributed by atoms with Gasteiger partial charge in [0.2, 0.25) is 5.91 Å². The van der Waals surface area contributed by atoms with Crippen LogP contribution in [-0.4, -0.2) is 38.8 Å². The van der Waals surface area contributed by atoms with Crippen LogP contribution in [0.1, 0.15) is 37.3 Å². The lowest BCUT2D eigenvalue weighted by Gasteiger charge is -2.22. The second-order valence-corrected chi connectivity index (χ2v) is 8.07. The number of aromatic nitrogens is 4. The summed E-state index contributed by atoms with van der Waals surface area (Å²) in [5, 5.41) is 7.22. The quantitative estimate of drug-likeness (QED) is 0.514. The number of nitrogens with zero attached hydrogens (tertiary/aromatic N) is 4. The number of H-pyrrole nitrogens is 1. The molecule has 1 aliphatic rings. The van der Waals surface area contributed by atoms with E-state index in [1.165, 1.54) is 9.47 Å². The minimum absolute atomic E-state index is 0.00824. The van der Waals surface area contributed by atoms with Crippen LogP contribution in [0, 0.1) is 0 Å². The monoisotopic (exact) mass is 437 g/mol. The van der Waals surface area contributed by atoms with E-state index in [1.807, 2.05) is 35.0 Å². The highest BCUT2D eigenvalue weighted by atomic mass is 16.2. The van der Waals surface area contributed by atoms with Gasteiger partial charge in [0, 0.05) is 13.1 Å². The second kappa shape index (κ2) is 9.13. The van der Waals surface area contributed by atoms with Gasteiger partial charge in [-0.3, -0.25) is 19.1 Å². The SMILES string of the molecule is CN(CC(=O)Nc1ccnn1C1CCCC1)c1c(N)n(Cc2ccccc2)c(=O)[nH]c1=O. The molecule has 10 heteroatoms. The van der Waals surface area contributed by atoms with E-state index in [0.717, 1.165) is 31.2 Å². The maximum absolute atomic E-state index is 12.7. The van der Waals surface area contributed by atoms with Crippen LogP contribution in [0.2, 0.25) is 0 Å². The Morgan fingerprint density at radius 2 is 1.94 bits per heavy atom. The van der Waals surface area contributed by atoms with Gasteiger partial charge in [-0.1, -0.05) is 43.2 Å². The molecule has 2 aromatic heterocycles. The first-order chi connectivity index (χ1) is 15.4. The molecule has 1 amide bonds. The molecular weight excluding hydrogens is 410 g/mol. The molecule has 0 bridgehead atoms. The number of benzene rings is 1. The predicted molar refractivity (Wildman–Crippen MR) is 123 cm³/mol. The number of carbonyl (C=O) groups excluding carboxylic acids is 1. The summed E-state index contributed by atoms with van der Waals surface area (Å²) < 4.78 is 3.14. The van der Waals surface area contributed by atoms with Gasteiger partial charge in [-0.25, -0.2) is 9.48 Å². The maximum atomic E-state index is 12.7. The molecule has 1 aromatic carbocycles. The van der Waals surface area contributed by atoms with Crippen molar-refractivity contribution in [3.05, 3.63) is 69.0 Å². The van der Waals surface area contributed by atoms with Crippen LogP contribution in [0.25, 0.3) is 0 Å². The molecule has 10 nitrogen and oxygen atoms in total. The third-order valence-corrected chi connectivity index (χ3v) is 5.77. The normalized spacial score (nSPS) is 13.9.